The minimum atomic E-state index is -3.72. The Bertz CT molecular complexity index is 700. The molecule has 0 aliphatic rings. The van der Waals surface area contributed by atoms with Crippen molar-refractivity contribution in [3.63, 3.8) is 0 Å². The van der Waals surface area contributed by atoms with Gasteiger partial charge < -0.3 is 5.73 Å². The SMILES string of the molecule is Nc1cc(S(=O)(=O)NCc2ccc(Cl)s2)ccc1F. The van der Waals surface area contributed by atoms with Crippen LogP contribution in [0, 0.1) is 5.82 Å². The number of rotatable bonds is 4. The number of nitrogen functional groups attached to an aromatic ring is 1. The molecule has 0 aliphatic heterocycles. The molecule has 0 radical (unpaired) electrons. The van der Waals surface area contributed by atoms with Gasteiger partial charge in [-0.15, -0.1) is 11.3 Å². The van der Waals surface area contributed by atoms with E-state index in [4.69, 9.17) is 17.3 Å². The lowest BCUT2D eigenvalue weighted by Crippen LogP contribution is -2.23. The quantitative estimate of drug-likeness (QED) is 0.851. The van der Waals surface area contributed by atoms with Crippen molar-refractivity contribution in [1.82, 2.24) is 4.72 Å². The lowest BCUT2D eigenvalue weighted by Gasteiger charge is -2.06. The number of nitrogens with one attached hydrogen (secondary N) is 1. The molecule has 19 heavy (non-hydrogen) atoms. The molecule has 0 aliphatic carbocycles. The maximum Gasteiger partial charge on any atom is 0.240 e. The van der Waals surface area contributed by atoms with Crippen molar-refractivity contribution in [3.05, 3.63) is 45.4 Å². The van der Waals surface area contributed by atoms with Gasteiger partial charge in [-0.05, 0) is 30.3 Å². The number of hydrogen-bond acceptors (Lipinski definition) is 4. The lowest BCUT2D eigenvalue weighted by molar-refractivity contribution is 0.581. The van der Waals surface area contributed by atoms with Crippen LogP contribution in [0.3, 0.4) is 0 Å². The van der Waals surface area contributed by atoms with Crippen LogP contribution >= 0.6 is 22.9 Å². The highest BCUT2D eigenvalue weighted by molar-refractivity contribution is 7.89. The summed E-state index contributed by atoms with van der Waals surface area (Å²) in [6.07, 6.45) is 0. The first-order valence-electron chi connectivity index (χ1n) is 5.17. The van der Waals surface area contributed by atoms with Crippen molar-refractivity contribution < 1.29 is 12.8 Å². The minimum absolute atomic E-state index is 0.0750. The molecule has 0 saturated heterocycles. The van der Waals surface area contributed by atoms with E-state index in [0.29, 0.717) is 4.34 Å². The number of nitrogens with two attached hydrogens (primary N) is 1. The molecule has 1 aromatic carbocycles. The van der Waals surface area contributed by atoms with Crippen molar-refractivity contribution in [3.8, 4) is 0 Å². The van der Waals surface area contributed by atoms with Crippen LogP contribution in [0.1, 0.15) is 4.88 Å². The number of sulfonamides is 1. The molecule has 102 valence electrons. The maximum atomic E-state index is 13.0. The number of anilines is 1. The fourth-order valence-corrected chi connectivity index (χ4v) is 3.55. The van der Waals surface area contributed by atoms with E-state index >= 15 is 0 Å². The molecule has 3 N–H and O–H groups in total. The predicted molar refractivity (Wildman–Crippen MR) is 74.2 cm³/mol. The van der Waals surface area contributed by atoms with Gasteiger partial charge in [-0.1, -0.05) is 11.6 Å². The second kappa shape index (κ2) is 5.46. The van der Waals surface area contributed by atoms with Gasteiger partial charge in [0.25, 0.3) is 0 Å². The summed E-state index contributed by atoms with van der Waals surface area (Å²) >= 11 is 7.03. The molecular formula is C11H10ClFN2O2S2. The standard InChI is InChI=1S/C11H10ClFN2O2S2/c12-11-4-1-7(18-11)6-15-19(16,17)8-2-3-9(13)10(14)5-8/h1-5,15H,6,14H2. The Morgan fingerprint density at radius 2 is 2.05 bits per heavy atom. The molecule has 4 nitrogen and oxygen atoms in total. The first-order chi connectivity index (χ1) is 8.88. The summed E-state index contributed by atoms with van der Waals surface area (Å²) in [5.41, 5.74) is 5.14. The highest BCUT2D eigenvalue weighted by Crippen LogP contribution is 2.22. The van der Waals surface area contributed by atoms with Gasteiger partial charge >= 0.3 is 0 Å². The van der Waals surface area contributed by atoms with E-state index in [9.17, 15) is 12.8 Å². The third-order valence-corrected chi connectivity index (χ3v) is 4.97. The van der Waals surface area contributed by atoms with Crippen molar-refractivity contribution in [2.75, 3.05) is 5.73 Å². The van der Waals surface area contributed by atoms with E-state index in [0.717, 1.165) is 23.1 Å². The summed E-state index contributed by atoms with van der Waals surface area (Å²) in [5.74, 6) is -0.649. The minimum Gasteiger partial charge on any atom is -0.396 e. The molecule has 0 fully saturated rings. The molecule has 2 rings (SSSR count). The molecule has 0 amide bonds. The van der Waals surface area contributed by atoms with Crippen molar-refractivity contribution in [2.24, 2.45) is 0 Å². The smallest absolute Gasteiger partial charge is 0.240 e. The van der Waals surface area contributed by atoms with Gasteiger partial charge in [-0.2, -0.15) is 0 Å². The Hall–Kier alpha value is -1.15. The fourth-order valence-electron chi connectivity index (χ4n) is 1.39. The molecule has 0 spiro atoms. The summed E-state index contributed by atoms with van der Waals surface area (Å²) in [4.78, 5) is 0.706. The van der Waals surface area contributed by atoms with Gasteiger partial charge in [0.05, 0.1) is 14.9 Å². The zero-order chi connectivity index (χ0) is 14.0. The zero-order valence-electron chi connectivity index (χ0n) is 9.56. The fraction of sp³-hybridized carbons (Fsp3) is 0.0909. The maximum absolute atomic E-state index is 13.0. The third-order valence-electron chi connectivity index (χ3n) is 2.34. The van der Waals surface area contributed by atoms with E-state index in [-0.39, 0.29) is 17.1 Å². The van der Waals surface area contributed by atoms with Crippen LogP contribution in [0.2, 0.25) is 4.34 Å². The average molecular weight is 321 g/mol. The Labute approximate surface area is 119 Å². The average Bonchev–Trinajstić information content (AvgIpc) is 2.76. The molecule has 1 heterocycles. The van der Waals surface area contributed by atoms with Crippen LogP contribution in [-0.4, -0.2) is 8.42 Å². The summed E-state index contributed by atoms with van der Waals surface area (Å²) in [6.45, 7) is 0.122. The molecule has 0 bridgehead atoms. The highest BCUT2D eigenvalue weighted by atomic mass is 35.5. The van der Waals surface area contributed by atoms with Gasteiger partial charge in [0.1, 0.15) is 5.82 Å². The van der Waals surface area contributed by atoms with E-state index in [2.05, 4.69) is 4.72 Å². The first kappa shape index (κ1) is 14.3. The summed E-state index contributed by atoms with van der Waals surface area (Å²) in [6, 6.07) is 6.68. The van der Waals surface area contributed by atoms with Crippen LogP contribution < -0.4 is 10.5 Å². The summed E-state index contributed by atoms with van der Waals surface area (Å²) < 4.78 is 39.9. The second-order valence-electron chi connectivity index (χ2n) is 3.71. The van der Waals surface area contributed by atoms with Crippen LogP contribution in [0.5, 0.6) is 0 Å². The molecule has 0 saturated carbocycles. The number of hydrogen-bond donors (Lipinski definition) is 2. The Morgan fingerprint density at radius 1 is 1.32 bits per heavy atom. The van der Waals surface area contributed by atoms with E-state index in [1.807, 2.05) is 0 Å². The van der Waals surface area contributed by atoms with Gasteiger partial charge in [0.15, 0.2) is 0 Å². The largest absolute Gasteiger partial charge is 0.396 e. The van der Waals surface area contributed by atoms with Gasteiger partial charge in [-0.3, -0.25) is 0 Å². The highest BCUT2D eigenvalue weighted by Gasteiger charge is 2.15. The van der Waals surface area contributed by atoms with Crippen LogP contribution in [0.25, 0.3) is 0 Å². The predicted octanol–water partition coefficient (Wildman–Crippen LogP) is 2.60. The van der Waals surface area contributed by atoms with Gasteiger partial charge in [0, 0.05) is 11.4 Å². The van der Waals surface area contributed by atoms with Gasteiger partial charge in [0.2, 0.25) is 10.0 Å². The van der Waals surface area contributed by atoms with E-state index < -0.39 is 15.8 Å². The van der Waals surface area contributed by atoms with Crippen molar-refractivity contribution >= 4 is 38.6 Å². The monoisotopic (exact) mass is 320 g/mol. The van der Waals surface area contributed by atoms with Crippen molar-refractivity contribution in [1.29, 1.82) is 0 Å². The first-order valence-corrected chi connectivity index (χ1v) is 7.85. The van der Waals surface area contributed by atoms with Gasteiger partial charge in [-0.25, -0.2) is 17.5 Å². The molecule has 0 atom stereocenters. The molecule has 2 aromatic rings. The Kier molecular flexibility index (Phi) is 4.10. The van der Waals surface area contributed by atoms with Crippen LogP contribution in [0.4, 0.5) is 10.1 Å². The van der Waals surface area contributed by atoms with E-state index in [1.54, 1.807) is 12.1 Å². The molecule has 0 unspecified atom stereocenters. The van der Waals surface area contributed by atoms with Crippen molar-refractivity contribution in [2.45, 2.75) is 11.4 Å². The normalized spacial score (nSPS) is 11.7. The van der Waals surface area contributed by atoms with Crippen LogP contribution in [-0.2, 0) is 16.6 Å². The number of thiophene rings is 1. The summed E-state index contributed by atoms with van der Waals surface area (Å²) in [7, 11) is -3.72. The zero-order valence-corrected chi connectivity index (χ0v) is 11.9. The molecule has 1 aromatic heterocycles. The third kappa shape index (κ3) is 3.44. The Morgan fingerprint density at radius 3 is 2.63 bits per heavy atom. The van der Waals surface area contributed by atoms with E-state index in [1.165, 1.54) is 11.3 Å². The van der Waals surface area contributed by atoms with Crippen LogP contribution in [0.15, 0.2) is 35.2 Å². The summed E-state index contributed by atoms with van der Waals surface area (Å²) in [5, 5.41) is 0. The molecular weight excluding hydrogens is 311 g/mol. The Balaban J connectivity index is 2.16. The topological polar surface area (TPSA) is 72.2 Å². The second-order valence-corrected chi connectivity index (χ2v) is 7.28. The lowest BCUT2D eigenvalue weighted by atomic mass is 10.3. The molecule has 8 heteroatoms. The number of halogens is 2. The number of benzene rings is 1.